The van der Waals surface area contributed by atoms with Gasteiger partial charge in [0.1, 0.15) is 0 Å². The van der Waals surface area contributed by atoms with E-state index in [1.54, 1.807) is 0 Å². The Labute approximate surface area is 175 Å². The molecule has 3 rings (SSSR count). The quantitative estimate of drug-likeness (QED) is 0.320. The van der Waals surface area contributed by atoms with Gasteiger partial charge < -0.3 is 0 Å². The van der Waals surface area contributed by atoms with Crippen LogP contribution in [0.15, 0.2) is 15.8 Å². The van der Waals surface area contributed by atoms with Crippen molar-refractivity contribution in [1.82, 2.24) is 9.13 Å². The summed E-state index contributed by atoms with van der Waals surface area (Å²) >= 11 is 0. The van der Waals surface area contributed by atoms with Gasteiger partial charge in [0.15, 0.2) is 46.5 Å². The Hall–Kier alpha value is -3.58. The van der Waals surface area contributed by atoms with Gasteiger partial charge in [0.05, 0.1) is 13.1 Å². The summed E-state index contributed by atoms with van der Waals surface area (Å²) in [4.78, 5) is 24.9. The monoisotopic (exact) mass is 486 g/mol. The zero-order chi connectivity index (χ0) is 24.9. The minimum absolute atomic E-state index is 0.0281. The van der Waals surface area contributed by atoms with Crippen LogP contribution in [0.5, 0.6) is 0 Å². The highest BCUT2D eigenvalue weighted by Gasteiger charge is 2.28. The van der Waals surface area contributed by atoms with Gasteiger partial charge in [-0.1, -0.05) is 0 Å². The van der Waals surface area contributed by atoms with Crippen molar-refractivity contribution in [2.45, 2.75) is 20.0 Å². The van der Waals surface area contributed by atoms with Gasteiger partial charge in [0.2, 0.25) is 11.6 Å². The molecule has 0 amide bonds. The largest absolute Gasteiger partial charge is 0.331 e. The standard InChI is InChI=1S/C19H8F10N2O2/c1-5-2-30(3-6-8(20)12(24)16(28)13(25)9(6)21)19(33)31(18(5)32)4-7-10(22)14(26)17(29)15(27)11(7)23/h2H,3-4H2,1H3. The molecule has 0 bridgehead atoms. The van der Waals surface area contributed by atoms with Crippen molar-refractivity contribution in [3.8, 4) is 0 Å². The maximum Gasteiger partial charge on any atom is 0.331 e. The van der Waals surface area contributed by atoms with Crippen LogP contribution in [-0.4, -0.2) is 9.13 Å². The average molecular weight is 486 g/mol. The molecule has 0 saturated heterocycles. The molecule has 1 aromatic heterocycles. The average Bonchev–Trinajstić information content (AvgIpc) is 2.79. The van der Waals surface area contributed by atoms with E-state index in [9.17, 15) is 53.5 Å². The van der Waals surface area contributed by atoms with Crippen LogP contribution in [0.1, 0.15) is 16.7 Å². The summed E-state index contributed by atoms with van der Waals surface area (Å²) in [5.74, 6) is -23.6. The van der Waals surface area contributed by atoms with Gasteiger partial charge in [-0.15, -0.1) is 0 Å². The van der Waals surface area contributed by atoms with Crippen LogP contribution >= 0.6 is 0 Å². The first kappa shape index (κ1) is 24.1. The third-order valence-corrected chi connectivity index (χ3v) is 4.65. The Kier molecular flexibility index (Phi) is 6.13. The second-order valence-corrected chi connectivity index (χ2v) is 6.71. The van der Waals surface area contributed by atoms with Gasteiger partial charge in [0, 0.05) is 22.9 Å². The number of nitrogens with zero attached hydrogens (tertiary/aromatic N) is 2. The van der Waals surface area contributed by atoms with E-state index in [-0.39, 0.29) is 9.13 Å². The molecule has 14 heteroatoms. The number of halogens is 10. The van der Waals surface area contributed by atoms with Gasteiger partial charge in [0.25, 0.3) is 5.56 Å². The van der Waals surface area contributed by atoms with Gasteiger partial charge in [-0.05, 0) is 6.92 Å². The predicted molar refractivity (Wildman–Crippen MR) is 90.4 cm³/mol. The predicted octanol–water partition coefficient (Wildman–Crippen LogP) is 3.81. The molecule has 0 saturated carbocycles. The molecule has 0 aliphatic carbocycles. The number of benzene rings is 2. The molecule has 3 aromatic rings. The summed E-state index contributed by atoms with van der Waals surface area (Å²) < 4.78 is 136. The Bertz CT molecular complexity index is 1370. The zero-order valence-corrected chi connectivity index (χ0v) is 16.0. The third kappa shape index (κ3) is 3.78. The first-order chi connectivity index (χ1) is 15.3. The molecular weight excluding hydrogens is 478 g/mol. The van der Waals surface area contributed by atoms with Crippen LogP contribution in [0.2, 0.25) is 0 Å². The fraction of sp³-hybridized carbons (Fsp3) is 0.158. The van der Waals surface area contributed by atoms with E-state index in [0.717, 1.165) is 6.92 Å². The summed E-state index contributed by atoms with van der Waals surface area (Å²) in [6.07, 6.45) is 0.651. The molecule has 0 radical (unpaired) electrons. The summed E-state index contributed by atoms with van der Waals surface area (Å²) in [6.45, 7) is -1.82. The number of aromatic nitrogens is 2. The molecule has 0 N–H and O–H groups in total. The highest BCUT2D eigenvalue weighted by Crippen LogP contribution is 2.24. The molecule has 1 heterocycles. The van der Waals surface area contributed by atoms with Gasteiger partial charge >= 0.3 is 5.69 Å². The number of hydrogen-bond donors (Lipinski definition) is 0. The van der Waals surface area contributed by atoms with Crippen LogP contribution < -0.4 is 11.2 Å². The maximum atomic E-state index is 14.0. The molecular formula is C19H8F10N2O2. The van der Waals surface area contributed by atoms with E-state index >= 15 is 0 Å². The lowest BCUT2D eigenvalue weighted by Crippen LogP contribution is -2.41. The molecule has 33 heavy (non-hydrogen) atoms. The highest BCUT2D eigenvalue weighted by atomic mass is 19.2. The Balaban J connectivity index is 2.20. The van der Waals surface area contributed by atoms with Gasteiger partial charge in [-0.3, -0.25) is 13.9 Å². The first-order valence-corrected chi connectivity index (χ1v) is 8.61. The normalized spacial score (nSPS) is 11.4. The van der Waals surface area contributed by atoms with Crippen LogP contribution in [0.3, 0.4) is 0 Å². The maximum absolute atomic E-state index is 14.0. The Morgan fingerprint density at radius 2 is 0.909 bits per heavy atom. The van der Waals surface area contributed by atoms with Crippen molar-refractivity contribution in [3.05, 3.63) is 102 Å². The van der Waals surface area contributed by atoms with Crippen LogP contribution in [0.25, 0.3) is 0 Å². The van der Waals surface area contributed by atoms with Crippen molar-refractivity contribution in [3.63, 3.8) is 0 Å². The fourth-order valence-corrected chi connectivity index (χ4v) is 2.96. The first-order valence-electron chi connectivity index (χ1n) is 8.61. The van der Waals surface area contributed by atoms with Gasteiger partial charge in [-0.25, -0.2) is 48.7 Å². The third-order valence-electron chi connectivity index (χ3n) is 4.65. The second kappa shape index (κ2) is 8.41. The van der Waals surface area contributed by atoms with Crippen LogP contribution in [0.4, 0.5) is 43.9 Å². The van der Waals surface area contributed by atoms with Crippen LogP contribution in [0, 0.1) is 65.1 Å². The topological polar surface area (TPSA) is 44.0 Å². The molecule has 0 spiro atoms. The second-order valence-electron chi connectivity index (χ2n) is 6.71. The van der Waals surface area contributed by atoms with Crippen molar-refractivity contribution in [1.29, 1.82) is 0 Å². The number of aryl methyl sites for hydroxylation is 1. The number of rotatable bonds is 4. The van der Waals surface area contributed by atoms with E-state index in [1.807, 2.05) is 0 Å². The molecule has 0 unspecified atom stereocenters. The molecule has 0 atom stereocenters. The highest BCUT2D eigenvalue weighted by molar-refractivity contribution is 5.26. The van der Waals surface area contributed by atoms with E-state index in [4.69, 9.17) is 0 Å². The van der Waals surface area contributed by atoms with Crippen molar-refractivity contribution >= 4 is 0 Å². The lowest BCUT2D eigenvalue weighted by Gasteiger charge is -2.14. The molecule has 176 valence electrons. The fourth-order valence-electron chi connectivity index (χ4n) is 2.96. The minimum Gasteiger partial charge on any atom is -0.295 e. The molecule has 4 nitrogen and oxygen atoms in total. The van der Waals surface area contributed by atoms with Gasteiger partial charge in [-0.2, -0.15) is 0 Å². The lowest BCUT2D eigenvalue weighted by molar-refractivity contribution is 0.364. The Morgan fingerprint density at radius 3 is 1.30 bits per heavy atom. The zero-order valence-electron chi connectivity index (χ0n) is 16.0. The Morgan fingerprint density at radius 1 is 0.576 bits per heavy atom. The molecule has 0 fully saturated rings. The SMILES string of the molecule is Cc1cn(Cc2c(F)c(F)c(F)c(F)c2F)c(=O)n(Cc2c(F)c(F)c(F)c(F)c2F)c1=O. The van der Waals surface area contributed by atoms with Crippen molar-refractivity contribution < 1.29 is 43.9 Å². The van der Waals surface area contributed by atoms with Crippen LogP contribution in [-0.2, 0) is 13.1 Å². The van der Waals surface area contributed by atoms with Crippen molar-refractivity contribution in [2.75, 3.05) is 0 Å². The molecule has 0 aliphatic rings. The summed E-state index contributed by atoms with van der Waals surface area (Å²) in [7, 11) is 0. The van der Waals surface area contributed by atoms with Crippen molar-refractivity contribution in [2.24, 2.45) is 0 Å². The minimum atomic E-state index is -2.49. The molecule has 0 aliphatic heterocycles. The number of hydrogen-bond acceptors (Lipinski definition) is 2. The summed E-state index contributed by atoms with van der Waals surface area (Å²) in [5.41, 5.74) is -6.35. The van der Waals surface area contributed by atoms with E-state index < -0.39 is 99.2 Å². The smallest absolute Gasteiger partial charge is 0.295 e. The summed E-state index contributed by atoms with van der Waals surface area (Å²) in [6, 6.07) is 0. The summed E-state index contributed by atoms with van der Waals surface area (Å²) in [5, 5.41) is 0. The lowest BCUT2D eigenvalue weighted by atomic mass is 10.1. The molecule has 2 aromatic carbocycles. The van der Waals surface area contributed by atoms with E-state index in [2.05, 4.69) is 0 Å². The van der Waals surface area contributed by atoms with E-state index in [0.29, 0.717) is 6.20 Å². The van der Waals surface area contributed by atoms with E-state index in [1.165, 1.54) is 0 Å².